The van der Waals surface area contributed by atoms with Crippen molar-refractivity contribution < 1.29 is 4.79 Å². The van der Waals surface area contributed by atoms with Crippen molar-refractivity contribution in [2.24, 2.45) is 0 Å². The molecule has 2 aromatic rings. The van der Waals surface area contributed by atoms with E-state index in [9.17, 15) is 4.79 Å². The zero-order valence-corrected chi connectivity index (χ0v) is 13.3. The molecule has 1 aliphatic rings. The fourth-order valence-corrected chi connectivity index (χ4v) is 3.77. The van der Waals surface area contributed by atoms with Gasteiger partial charge in [0.2, 0.25) is 0 Å². The van der Waals surface area contributed by atoms with Crippen LogP contribution in [0.25, 0.3) is 0 Å². The molecule has 0 fully saturated rings. The van der Waals surface area contributed by atoms with Crippen LogP contribution in [0.15, 0.2) is 10.4 Å². The lowest BCUT2D eigenvalue weighted by atomic mass is 10.3. The van der Waals surface area contributed by atoms with E-state index in [1.807, 2.05) is 17.7 Å². The van der Waals surface area contributed by atoms with Crippen molar-refractivity contribution in [3.8, 4) is 0 Å². The van der Waals surface area contributed by atoms with Crippen LogP contribution in [0.2, 0.25) is 0 Å². The van der Waals surface area contributed by atoms with Crippen LogP contribution in [0.4, 0.5) is 0 Å². The summed E-state index contributed by atoms with van der Waals surface area (Å²) in [5.41, 5.74) is 1.55. The SMILES string of the molecule is Cc1nnc(SCCNC(=O)c2cc3n(n2)CCNC3)s1. The fourth-order valence-electron chi connectivity index (χ4n) is 2.03. The van der Waals surface area contributed by atoms with Gasteiger partial charge < -0.3 is 10.6 Å². The highest BCUT2D eigenvalue weighted by Crippen LogP contribution is 2.20. The van der Waals surface area contributed by atoms with Crippen LogP contribution in [0.1, 0.15) is 21.2 Å². The van der Waals surface area contributed by atoms with E-state index < -0.39 is 0 Å². The third-order valence-corrected chi connectivity index (χ3v) is 5.00. The number of fused-ring (bicyclic) bond motifs is 1. The predicted molar refractivity (Wildman–Crippen MR) is 81.6 cm³/mol. The van der Waals surface area contributed by atoms with Crippen molar-refractivity contribution in [1.82, 2.24) is 30.6 Å². The Morgan fingerprint density at radius 1 is 1.57 bits per heavy atom. The Hall–Kier alpha value is -1.45. The average Bonchev–Trinajstić information content (AvgIpc) is 3.09. The van der Waals surface area contributed by atoms with E-state index in [-0.39, 0.29) is 5.91 Å². The summed E-state index contributed by atoms with van der Waals surface area (Å²) < 4.78 is 2.83. The van der Waals surface area contributed by atoms with Crippen LogP contribution in [0.3, 0.4) is 0 Å². The van der Waals surface area contributed by atoms with Gasteiger partial charge in [-0.2, -0.15) is 5.10 Å². The highest BCUT2D eigenvalue weighted by Gasteiger charge is 2.16. The Morgan fingerprint density at radius 3 is 3.24 bits per heavy atom. The molecule has 21 heavy (non-hydrogen) atoms. The van der Waals surface area contributed by atoms with Crippen LogP contribution in [-0.4, -0.2) is 44.7 Å². The van der Waals surface area contributed by atoms with Gasteiger partial charge in [-0.15, -0.1) is 10.2 Å². The second-order valence-electron chi connectivity index (χ2n) is 4.61. The average molecular weight is 324 g/mol. The molecule has 3 rings (SSSR count). The quantitative estimate of drug-likeness (QED) is 0.621. The van der Waals surface area contributed by atoms with E-state index in [2.05, 4.69) is 25.9 Å². The molecule has 7 nitrogen and oxygen atoms in total. The molecule has 0 aromatic carbocycles. The van der Waals surface area contributed by atoms with Gasteiger partial charge in [0.05, 0.1) is 12.2 Å². The fraction of sp³-hybridized carbons (Fsp3) is 0.500. The van der Waals surface area contributed by atoms with Gasteiger partial charge in [-0.1, -0.05) is 23.1 Å². The molecule has 0 radical (unpaired) electrons. The summed E-state index contributed by atoms with van der Waals surface area (Å²) in [6.07, 6.45) is 0. The van der Waals surface area contributed by atoms with Gasteiger partial charge in [-0.05, 0) is 13.0 Å². The van der Waals surface area contributed by atoms with E-state index in [1.165, 1.54) is 0 Å². The molecule has 9 heteroatoms. The van der Waals surface area contributed by atoms with Crippen molar-refractivity contribution >= 4 is 29.0 Å². The van der Waals surface area contributed by atoms with Crippen LogP contribution < -0.4 is 10.6 Å². The standard InChI is InChI=1S/C12H16N6OS2/c1-8-15-16-12(21-8)20-5-3-14-11(19)10-6-9-7-13-2-4-18(9)17-10/h6,13H,2-5,7H2,1H3,(H,14,19). The van der Waals surface area contributed by atoms with Gasteiger partial charge in [-0.3, -0.25) is 9.48 Å². The number of carbonyl (C=O) groups excluding carboxylic acids is 1. The number of nitrogens with zero attached hydrogens (tertiary/aromatic N) is 4. The molecule has 3 heterocycles. The Balaban J connectivity index is 1.46. The van der Waals surface area contributed by atoms with Gasteiger partial charge >= 0.3 is 0 Å². The van der Waals surface area contributed by atoms with Gasteiger partial charge in [0.25, 0.3) is 5.91 Å². The van der Waals surface area contributed by atoms with Crippen molar-refractivity contribution in [1.29, 1.82) is 0 Å². The number of hydrogen-bond acceptors (Lipinski definition) is 7. The molecule has 0 aliphatic carbocycles. The summed E-state index contributed by atoms with van der Waals surface area (Å²) in [5.74, 6) is 0.654. The normalized spacial score (nSPS) is 14.0. The zero-order valence-electron chi connectivity index (χ0n) is 11.6. The molecule has 1 amide bonds. The Morgan fingerprint density at radius 2 is 2.48 bits per heavy atom. The largest absolute Gasteiger partial charge is 0.350 e. The summed E-state index contributed by atoms with van der Waals surface area (Å²) in [5, 5.41) is 19.4. The highest BCUT2D eigenvalue weighted by molar-refractivity contribution is 8.01. The molecule has 1 aliphatic heterocycles. The molecule has 2 aromatic heterocycles. The van der Waals surface area contributed by atoms with E-state index in [0.717, 1.165) is 40.4 Å². The Labute approximate surface area is 130 Å². The maximum Gasteiger partial charge on any atom is 0.271 e. The minimum Gasteiger partial charge on any atom is -0.350 e. The number of rotatable bonds is 5. The molecule has 0 unspecified atom stereocenters. The first-order valence-electron chi connectivity index (χ1n) is 6.71. The molecule has 0 bridgehead atoms. The lowest BCUT2D eigenvalue weighted by Crippen LogP contribution is -2.28. The summed E-state index contributed by atoms with van der Waals surface area (Å²) >= 11 is 3.17. The first-order valence-corrected chi connectivity index (χ1v) is 8.51. The minimum atomic E-state index is -0.119. The second kappa shape index (κ2) is 6.54. The monoisotopic (exact) mass is 324 g/mol. The maximum atomic E-state index is 12.0. The summed E-state index contributed by atoms with van der Waals surface area (Å²) in [7, 11) is 0. The number of carbonyl (C=O) groups is 1. The van der Waals surface area contributed by atoms with Crippen molar-refractivity contribution in [3.63, 3.8) is 0 Å². The number of amides is 1. The number of aryl methyl sites for hydroxylation is 1. The van der Waals surface area contributed by atoms with Crippen molar-refractivity contribution in [2.75, 3.05) is 18.8 Å². The van der Waals surface area contributed by atoms with Gasteiger partial charge in [0.1, 0.15) is 10.7 Å². The maximum absolute atomic E-state index is 12.0. The lowest BCUT2D eigenvalue weighted by Gasteiger charge is -2.13. The minimum absolute atomic E-state index is 0.119. The third kappa shape index (κ3) is 3.60. The van der Waals surface area contributed by atoms with E-state index in [4.69, 9.17) is 0 Å². The highest BCUT2D eigenvalue weighted by atomic mass is 32.2. The van der Waals surface area contributed by atoms with Gasteiger partial charge in [0.15, 0.2) is 4.34 Å². The first-order chi connectivity index (χ1) is 10.2. The molecule has 112 valence electrons. The van der Waals surface area contributed by atoms with Crippen molar-refractivity contribution in [3.05, 3.63) is 22.5 Å². The number of thioether (sulfide) groups is 1. The summed E-state index contributed by atoms with van der Waals surface area (Å²) in [6.45, 7) is 5.00. The predicted octanol–water partition coefficient (Wildman–Crippen LogP) is 0.668. The zero-order chi connectivity index (χ0) is 14.7. The van der Waals surface area contributed by atoms with E-state index in [1.54, 1.807) is 23.1 Å². The Kier molecular flexibility index (Phi) is 4.51. The molecule has 0 saturated carbocycles. The summed E-state index contributed by atoms with van der Waals surface area (Å²) in [6, 6.07) is 1.85. The molecule has 0 saturated heterocycles. The van der Waals surface area contributed by atoms with Crippen LogP contribution in [0, 0.1) is 6.92 Å². The van der Waals surface area contributed by atoms with Gasteiger partial charge in [0, 0.05) is 25.4 Å². The second-order valence-corrected chi connectivity index (χ2v) is 7.14. The molecule has 2 N–H and O–H groups in total. The van der Waals surface area contributed by atoms with Crippen LogP contribution in [-0.2, 0) is 13.1 Å². The molecule has 0 atom stereocenters. The van der Waals surface area contributed by atoms with Crippen LogP contribution in [0.5, 0.6) is 0 Å². The Bertz CT molecular complexity index is 614. The number of hydrogen-bond donors (Lipinski definition) is 2. The lowest BCUT2D eigenvalue weighted by molar-refractivity contribution is 0.0950. The molecular formula is C12H16N6OS2. The summed E-state index contributed by atoms with van der Waals surface area (Å²) in [4.78, 5) is 12.0. The van der Waals surface area contributed by atoms with Gasteiger partial charge in [-0.25, -0.2) is 0 Å². The number of nitrogens with one attached hydrogen (secondary N) is 2. The molecular weight excluding hydrogens is 308 g/mol. The smallest absolute Gasteiger partial charge is 0.271 e. The van der Waals surface area contributed by atoms with Crippen LogP contribution >= 0.6 is 23.1 Å². The van der Waals surface area contributed by atoms with E-state index in [0.29, 0.717) is 12.2 Å². The first kappa shape index (κ1) is 14.5. The molecule has 0 spiro atoms. The van der Waals surface area contributed by atoms with E-state index >= 15 is 0 Å². The third-order valence-electron chi connectivity index (χ3n) is 3.02. The number of aromatic nitrogens is 4. The topological polar surface area (TPSA) is 84.7 Å². The van der Waals surface area contributed by atoms with Crippen molar-refractivity contribution in [2.45, 2.75) is 24.4 Å².